The van der Waals surface area contributed by atoms with Crippen molar-refractivity contribution in [3.8, 4) is 11.5 Å². The third kappa shape index (κ3) is 4.83. The first-order chi connectivity index (χ1) is 18.2. The highest BCUT2D eigenvalue weighted by Gasteiger charge is 2.30. The van der Waals surface area contributed by atoms with Crippen LogP contribution in [0.4, 0.5) is 0 Å². The van der Waals surface area contributed by atoms with Crippen molar-refractivity contribution in [2.24, 2.45) is 0 Å². The number of hydrogen-bond acceptors (Lipinski definition) is 7. The zero-order chi connectivity index (χ0) is 25.2. The van der Waals surface area contributed by atoms with E-state index < -0.39 is 0 Å². The highest BCUT2D eigenvalue weighted by atomic mass is 16.6. The molecule has 0 saturated heterocycles. The molecule has 9 nitrogen and oxygen atoms in total. The number of pyridine rings is 1. The lowest BCUT2D eigenvalue weighted by molar-refractivity contribution is 0.158. The first kappa shape index (κ1) is 23.7. The van der Waals surface area contributed by atoms with Gasteiger partial charge in [-0.25, -0.2) is 4.68 Å². The number of tetrazole rings is 1. The minimum absolute atomic E-state index is 0.0360. The highest BCUT2D eigenvalue weighted by Crippen LogP contribution is 2.35. The van der Waals surface area contributed by atoms with Crippen LogP contribution in [-0.4, -0.2) is 43.3 Å². The quantitative estimate of drug-likeness (QED) is 0.379. The molecule has 1 aliphatic carbocycles. The second-order valence-electron chi connectivity index (χ2n) is 9.94. The Labute approximate surface area is 215 Å². The Kier molecular flexibility index (Phi) is 6.61. The Hall–Kier alpha value is -3.72. The summed E-state index contributed by atoms with van der Waals surface area (Å²) in [7, 11) is 0. The van der Waals surface area contributed by atoms with Crippen molar-refractivity contribution >= 4 is 10.9 Å². The van der Waals surface area contributed by atoms with Gasteiger partial charge in [0.05, 0.1) is 17.6 Å². The summed E-state index contributed by atoms with van der Waals surface area (Å²) >= 11 is 0. The van der Waals surface area contributed by atoms with Crippen molar-refractivity contribution in [2.75, 3.05) is 13.2 Å². The minimum atomic E-state index is -0.104. The van der Waals surface area contributed by atoms with E-state index in [1.165, 1.54) is 18.4 Å². The number of H-pyrrole nitrogens is 1. The summed E-state index contributed by atoms with van der Waals surface area (Å²) in [4.78, 5) is 18.6. The molecule has 192 valence electrons. The number of benzene rings is 2. The summed E-state index contributed by atoms with van der Waals surface area (Å²) < 4.78 is 13.5. The molecular weight excluding hydrogens is 468 g/mol. The lowest BCUT2D eigenvalue weighted by Gasteiger charge is -2.31. The molecule has 1 unspecified atom stereocenters. The van der Waals surface area contributed by atoms with Crippen molar-refractivity contribution in [3.63, 3.8) is 0 Å². The Morgan fingerprint density at radius 2 is 1.81 bits per heavy atom. The fourth-order valence-corrected chi connectivity index (χ4v) is 5.65. The van der Waals surface area contributed by atoms with Gasteiger partial charge in [0.15, 0.2) is 17.3 Å². The Morgan fingerprint density at radius 3 is 2.57 bits per heavy atom. The van der Waals surface area contributed by atoms with E-state index in [4.69, 9.17) is 9.47 Å². The highest BCUT2D eigenvalue weighted by molar-refractivity contribution is 5.83. The van der Waals surface area contributed by atoms with Crippen LogP contribution >= 0.6 is 0 Å². The smallest absolute Gasteiger partial charge is 0.252 e. The first-order valence-corrected chi connectivity index (χ1v) is 13.2. The molecule has 1 N–H and O–H groups in total. The number of hydrogen-bond donors (Lipinski definition) is 1. The molecule has 0 radical (unpaired) electrons. The summed E-state index contributed by atoms with van der Waals surface area (Å²) in [6.07, 6.45) is 5.45. The van der Waals surface area contributed by atoms with E-state index in [2.05, 4.69) is 44.5 Å². The Balaban J connectivity index is 1.37. The standard InChI is InChI=1S/C28H32N6O3/c1-2-24(27-30-31-32-34(27)22-10-6-7-11-22)33(17-19-8-4-3-5-9-19)18-21-14-20-15-25-26(37-13-12-36-25)16-23(20)29-28(21)35/h3-5,8-9,14-16,22,24H,2,6-7,10-13,17-18H2,1H3,(H,29,35). The number of nitrogens with zero attached hydrogens (tertiary/aromatic N) is 5. The van der Waals surface area contributed by atoms with Crippen LogP contribution < -0.4 is 15.0 Å². The van der Waals surface area contributed by atoms with Crippen molar-refractivity contribution < 1.29 is 9.47 Å². The van der Waals surface area contributed by atoms with Gasteiger partial charge in [0, 0.05) is 30.1 Å². The molecule has 1 aliphatic heterocycles. The second kappa shape index (κ2) is 10.3. The number of ether oxygens (including phenoxy) is 2. The average Bonchev–Trinajstić information content (AvgIpc) is 3.62. The number of aromatic nitrogens is 5. The topological polar surface area (TPSA) is 98.2 Å². The predicted molar refractivity (Wildman–Crippen MR) is 140 cm³/mol. The average molecular weight is 501 g/mol. The van der Waals surface area contributed by atoms with Crippen LogP contribution in [0.25, 0.3) is 10.9 Å². The molecule has 3 heterocycles. The molecule has 1 atom stereocenters. The van der Waals surface area contributed by atoms with E-state index in [-0.39, 0.29) is 11.6 Å². The lowest BCUT2D eigenvalue weighted by atomic mass is 10.1. The number of rotatable bonds is 8. The van der Waals surface area contributed by atoms with E-state index >= 15 is 0 Å². The van der Waals surface area contributed by atoms with Crippen LogP contribution in [-0.2, 0) is 13.1 Å². The third-order valence-electron chi connectivity index (χ3n) is 7.50. The number of nitrogens with one attached hydrogen (secondary N) is 1. The minimum Gasteiger partial charge on any atom is -0.486 e. The molecule has 0 spiro atoms. The van der Waals surface area contributed by atoms with E-state index in [9.17, 15) is 4.79 Å². The van der Waals surface area contributed by atoms with Crippen molar-refractivity contribution in [3.05, 3.63) is 75.8 Å². The van der Waals surface area contributed by atoms with Gasteiger partial charge < -0.3 is 14.5 Å². The van der Waals surface area contributed by atoms with Crippen LogP contribution in [0, 0.1) is 0 Å². The Bertz CT molecular complexity index is 1430. The molecule has 0 amide bonds. The molecule has 6 rings (SSSR count). The molecule has 0 bridgehead atoms. The van der Waals surface area contributed by atoms with Gasteiger partial charge in [-0.15, -0.1) is 5.10 Å². The predicted octanol–water partition coefficient (Wildman–Crippen LogP) is 4.55. The van der Waals surface area contributed by atoms with E-state index in [1.807, 2.05) is 41.1 Å². The zero-order valence-electron chi connectivity index (χ0n) is 21.1. The molecule has 2 aliphatic rings. The van der Waals surface area contributed by atoms with Gasteiger partial charge in [-0.05, 0) is 47.4 Å². The Morgan fingerprint density at radius 1 is 1.05 bits per heavy atom. The summed E-state index contributed by atoms with van der Waals surface area (Å²) in [5.74, 6) is 2.25. The molecule has 1 saturated carbocycles. The van der Waals surface area contributed by atoms with Gasteiger partial charge in [-0.1, -0.05) is 50.1 Å². The van der Waals surface area contributed by atoms with Gasteiger partial charge in [0.2, 0.25) is 0 Å². The van der Waals surface area contributed by atoms with Gasteiger partial charge in [-0.3, -0.25) is 9.69 Å². The van der Waals surface area contributed by atoms with Crippen LogP contribution in [0.2, 0.25) is 0 Å². The second-order valence-corrected chi connectivity index (χ2v) is 9.94. The monoisotopic (exact) mass is 500 g/mol. The maximum absolute atomic E-state index is 13.3. The zero-order valence-corrected chi connectivity index (χ0v) is 21.1. The molecule has 4 aromatic rings. The van der Waals surface area contributed by atoms with Crippen LogP contribution in [0.15, 0.2) is 53.3 Å². The first-order valence-electron chi connectivity index (χ1n) is 13.2. The SMILES string of the molecule is CCC(c1nnnn1C1CCCC1)N(Cc1ccccc1)Cc1cc2cc3c(cc2[nH]c1=O)OCCO3. The maximum atomic E-state index is 13.3. The summed E-state index contributed by atoms with van der Waals surface area (Å²) in [6.45, 7) is 4.33. The van der Waals surface area contributed by atoms with Gasteiger partial charge >= 0.3 is 0 Å². The molecule has 2 aromatic heterocycles. The van der Waals surface area contributed by atoms with Crippen LogP contribution in [0.3, 0.4) is 0 Å². The molecule has 2 aromatic carbocycles. The third-order valence-corrected chi connectivity index (χ3v) is 7.50. The van der Waals surface area contributed by atoms with E-state index in [0.29, 0.717) is 49.4 Å². The van der Waals surface area contributed by atoms with Crippen molar-refractivity contribution in [2.45, 2.75) is 64.2 Å². The van der Waals surface area contributed by atoms with Gasteiger partial charge in [0.25, 0.3) is 5.56 Å². The van der Waals surface area contributed by atoms with Gasteiger partial charge in [0.1, 0.15) is 13.2 Å². The number of aromatic amines is 1. The van der Waals surface area contributed by atoms with Crippen LogP contribution in [0.5, 0.6) is 11.5 Å². The van der Waals surface area contributed by atoms with E-state index in [0.717, 1.165) is 36.0 Å². The summed E-state index contributed by atoms with van der Waals surface area (Å²) in [5.41, 5.74) is 2.51. The molecule has 1 fully saturated rings. The normalized spacial score (nSPS) is 16.5. The molecular formula is C28H32N6O3. The van der Waals surface area contributed by atoms with Gasteiger partial charge in [-0.2, -0.15) is 0 Å². The number of fused-ring (bicyclic) bond motifs is 2. The largest absolute Gasteiger partial charge is 0.486 e. The van der Waals surface area contributed by atoms with Crippen LogP contribution in [0.1, 0.15) is 68.1 Å². The summed E-state index contributed by atoms with van der Waals surface area (Å²) in [6, 6.07) is 16.4. The van der Waals surface area contributed by atoms with Crippen molar-refractivity contribution in [1.82, 2.24) is 30.1 Å². The lowest BCUT2D eigenvalue weighted by Crippen LogP contribution is -2.32. The van der Waals surface area contributed by atoms with Crippen molar-refractivity contribution in [1.29, 1.82) is 0 Å². The maximum Gasteiger partial charge on any atom is 0.252 e. The summed E-state index contributed by atoms with van der Waals surface area (Å²) in [5, 5.41) is 13.9. The van der Waals surface area contributed by atoms with E-state index in [1.54, 1.807) is 0 Å². The molecule has 9 heteroatoms. The molecule has 37 heavy (non-hydrogen) atoms. The fourth-order valence-electron chi connectivity index (χ4n) is 5.65. The fraction of sp³-hybridized carbons (Fsp3) is 0.429.